The second-order valence-electron chi connectivity index (χ2n) is 7.24. The molecule has 2 saturated heterocycles. The van der Waals surface area contributed by atoms with Gasteiger partial charge in [-0.2, -0.15) is 0 Å². The maximum absolute atomic E-state index is 12.4. The molecule has 2 bridgehead atoms. The molecule has 2 atom stereocenters. The minimum atomic E-state index is -0.896. The summed E-state index contributed by atoms with van der Waals surface area (Å²) in [6.07, 6.45) is 4.92. The first-order valence-corrected chi connectivity index (χ1v) is 8.97. The van der Waals surface area contributed by atoms with E-state index in [-0.39, 0.29) is 18.0 Å². The summed E-state index contributed by atoms with van der Waals surface area (Å²) in [4.78, 5) is 14.6. The number of benzene rings is 1. The summed E-state index contributed by atoms with van der Waals surface area (Å²) in [6, 6.07) is 14.1. The van der Waals surface area contributed by atoms with Gasteiger partial charge in [-0.25, -0.2) is 0 Å². The highest BCUT2D eigenvalue weighted by molar-refractivity contribution is 5.78. The van der Waals surface area contributed by atoms with Crippen LogP contribution in [0, 0.1) is 0 Å². The van der Waals surface area contributed by atoms with E-state index in [4.69, 9.17) is 4.42 Å². The normalized spacial score (nSPS) is 28.8. The monoisotopic (exact) mass is 340 g/mol. The van der Waals surface area contributed by atoms with Crippen LogP contribution in [0.25, 0.3) is 0 Å². The number of hydrogen-bond donors (Lipinski definition) is 2. The molecule has 0 radical (unpaired) electrons. The Bertz CT molecular complexity index is 700. The lowest BCUT2D eigenvalue weighted by Crippen LogP contribution is -2.52. The van der Waals surface area contributed by atoms with Gasteiger partial charge in [-0.1, -0.05) is 30.3 Å². The van der Waals surface area contributed by atoms with Crippen LogP contribution < -0.4 is 5.32 Å². The molecule has 5 nitrogen and oxygen atoms in total. The van der Waals surface area contributed by atoms with Gasteiger partial charge in [0.05, 0.1) is 12.8 Å². The molecule has 2 fully saturated rings. The largest absolute Gasteiger partial charge is 0.466 e. The Balaban J connectivity index is 1.36. The van der Waals surface area contributed by atoms with Gasteiger partial charge in [-0.05, 0) is 43.4 Å². The number of carbonyl (C=O) groups is 1. The smallest absolute Gasteiger partial charge is 0.234 e. The zero-order chi connectivity index (χ0) is 17.3. The molecular formula is C20H24N2O3. The van der Waals surface area contributed by atoms with Crippen LogP contribution in [0.2, 0.25) is 0 Å². The Kier molecular flexibility index (Phi) is 4.36. The fourth-order valence-electron chi connectivity index (χ4n) is 4.34. The van der Waals surface area contributed by atoms with Crippen LogP contribution >= 0.6 is 0 Å². The van der Waals surface area contributed by atoms with Gasteiger partial charge < -0.3 is 14.8 Å². The number of aliphatic hydroxyl groups is 1. The van der Waals surface area contributed by atoms with Crippen LogP contribution in [0.5, 0.6) is 0 Å². The van der Waals surface area contributed by atoms with E-state index in [9.17, 15) is 9.90 Å². The van der Waals surface area contributed by atoms with Crippen molar-refractivity contribution in [2.24, 2.45) is 0 Å². The van der Waals surface area contributed by atoms with Gasteiger partial charge in [0.1, 0.15) is 11.4 Å². The minimum Gasteiger partial charge on any atom is -0.466 e. The Morgan fingerprint density at radius 1 is 1.16 bits per heavy atom. The van der Waals surface area contributed by atoms with E-state index in [0.29, 0.717) is 31.7 Å². The van der Waals surface area contributed by atoms with Crippen molar-refractivity contribution in [3.05, 3.63) is 60.1 Å². The molecule has 2 aliphatic rings. The summed E-state index contributed by atoms with van der Waals surface area (Å²) in [6.45, 7) is 0.954. The van der Waals surface area contributed by atoms with Gasteiger partial charge in [0.15, 0.2) is 0 Å². The van der Waals surface area contributed by atoms with Crippen LogP contribution in [0.3, 0.4) is 0 Å². The van der Waals surface area contributed by atoms with E-state index < -0.39 is 5.60 Å². The van der Waals surface area contributed by atoms with Crippen molar-refractivity contribution in [3.63, 3.8) is 0 Å². The van der Waals surface area contributed by atoms with Crippen LogP contribution in [0.4, 0.5) is 0 Å². The van der Waals surface area contributed by atoms with Gasteiger partial charge >= 0.3 is 0 Å². The van der Waals surface area contributed by atoms with Crippen molar-refractivity contribution in [3.8, 4) is 0 Å². The molecule has 3 heterocycles. The maximum Gasteiger partial charge on any atom is 0.234 e. The molecule has 0 saturated carbocycles. The second-order valence-corrected chi connectivity index (χ2v) is 7.24. The minimum absolute atomic E-state index is 0.0455. The summed E-state index contributed by atoms with van der Waals surface area (Å²) in [5.74, 6) is 0.696. The molecule has 1 aromatic carbocycles. The van der Waals surface area contributed by atoms with Crippen molar-refractivity contribution < 1.29 is 14.3 Å². The molecule has 25 heavy (non-hydrogen) atoms. The zero-order valence-corrected chi connectivity index (χ0v) is 14.2. The molecular weight excluding hydrogens is 316 g/mol. The topological polar surface area (TPSA) is 65.7 Å². The molecule has 5 heteroatoms. The molecule has 1 aromatic heterocycles. The molecule has 0 spiro atoms. The predicted octanol–water partition coefficient (Wildman–Crippen LogP) is 2.41. The van der Waals surface area contributed by atoms with E-state index in [1.54, 1.807) is 6.26 Å². The van der Waals surface area contributed by atoms with Crippen molar-refractivity contribution >= 4 is 5.91 Å². The predicted molar refractivity (Wildman–Crippen MR) is 93.6 cm³/mol. The van der Waals surface area contributed by atoms with Crippen molar-refractivity contribution in [1.29, 1.82) is 0 Å². The number of fused-ring (bicyclic) bond motifs is 2. The summed E-state index contributed by atoms with van der Waals surface area (Å²) in [5, 5.41) is 14.0. The average molecular weight is 340 g/mol. The van der Waals surface area contributed by atoms with Gasteiger partial charge in [-0.15, -0.1) is 0 Å². The standard InChI is InChI=1S/C20H24N2O3/c23-19(21-13-15-5-2-1-3-6-15)14-22-16-8-9-17(22)12-20(24,11-16)18-7-4-10-25-18/h1-7,10,16-17,24H,8-9,11-14H2,(H,21,23). The van der Waals surface area contributed by atoms with Crippen LogP contribution in [-0.4, -0.2) is 34.5 Å². The first-order chi connectivity index (χ1) is 12.1. The lowest BCUT2D eigenvalue weighted by Gasteiger charge is -2.42. The molecule has 2 aromatic rings. The summed E-state index contributed by atoms with van der Waals surface area (Å²) >= 11 is 0. The van der Waals surface area contributed by atoms with Crippen LogP contribution in [0.1, 0.15) is 37.0 Å². The van der Waals surface area contributed by atoms with Crippen molar-refractivity contribution in [2.45, 2.75) is 49.9 Å². The second kappa shape index (κ2) is 6.65. The van der Waals surface area contributed by atoms with Gasteiger partial charge in [0.25, 0.3) is 0 Å². The number of furan rings is 1. The Morgan fingerprint density at radius 3 is 2.52 bits per heavy atom. The number of rotatable bonds is 5. The number of nitrogens with zero attached hydrogens (tertiary/aromatic N) is 1. The highest BCUT2D eigenvalue weighted by Crippen LogP contribution is 2.45. The third kappa shape index (κ3) is 3.34. The number of piperidine rings is 1. The van der Waals surface area contributed by atoms with Gasteiger partial charge in [0.2, 0.25) is 5.91 Å². The molecule has 1 amide bonds. The molecule has 2 aliphatic heterocycles. The Morgan fingerprint density at radius 2 is 1.88 bits per heavy atom. The summed E-state index contributed by atoms with van der Waals surface area (Å²) < 4.78 is 5.46. The molecule has 132 valence electrons. The van der Waals surface area contributed by atoms with Crippen molar-refractivity contribution in [1.82, 2.24) is 10.2 Å². The van der Waals surface area contributed by atoms with E-state index >= 15 is 0 Å². The maximum atomic E-state index is 12.4. The molecule has 0 aliphatic carbocycles. The van der Waals surface area contributed by atoms with E-state index in [1.807, 2.05) is 42.5 Å². The highest BCUT2D eigenvalue weighted by Gasteiger charge is 2.49. The molecule has 4 rings (SSSR count). The number of hydrogen-bond acceptors (Lipinski definition) is 4. The van der Waals surface area contributed by atoms with Gasteiger partial charge in [0, 0.05) is 18.6 Å². The van der Waals surface area contributed by atoms with Gasteiger partial charge in [-0.3, -0.25) is 9.69 Å². The molecule has 2 unspecified atom stereocenters. The number of amides is 1. The van der Waals surface area contributed by atoms with E-state index in [1.165, 1.54) is 0 Å². The average Bonchev–Trinajstić information content (AvgIpc) is 3.23. The third-order valence-corrected chi connectivity index (χ3v) is 5.56. The van der Waals surface area contributed by atoms with Crippen LogP contribution in [0.15, 0.2) is 53.1 Å². The quantitative estimate of drug-likeness (QED) is 0.877. The van der Waals surface area contributed by atoms with E-state index in [2.05, 4.69) is 10.2 Å². The fraction of sp³-hybridized carbons (Fsp3) is 0.450. The summed E-state index contributed by atoms with van der Waals surface area (Å²) in [7, 11) is 0. The number of carbonyl (C=O) groups excluding carboxylic acids is 1. The first kappa shape index (κ1) is 16.4. The first-order valence-electron chi connectivity index (χ1n) is 8.97. The Labute approximate surface area is 147 Å². The fourth-order valence-corrected chi connectivity index (χ4v) is 4.34. The third-order valence-electron chi connectivity index (χ3n) is 5.56. The van der Waals surface area contributed by atoms with E-state index in [0.717, 1.165) is 18.4 Å². The molecule has 2 N–H and O–H groups in total. The lowest BCUT2D eigenvalue weighted by molar-refractivity contribution is -0.126. The lowest BCUT2D eigenvalue weighted by atomic mass is 9.84. The summed E-state index contributed by atoms with van der Waals surface area (Å²) in [5.41, 5.74) is 0.205. The number of nitrogens with one attached hydrogen (secondary N) is 1. The zero-order valence-electron chi connectivity index (χ0n) is 14.2. The Hall–Kier alpha value is -2.11. The SMILES string of the molecule is O=C(CN1C2CCC1CC(O)(c1ccco1)C2)NCc1ccccc1. The highest BCUT2D eigenvalue weighted by atomic mass is 16.4. The van der Waals surface area contributed by atoms with Crippen LogP contribution in [-0.2, 0) is 16.9 Å². The van der Waals surface area contributed by atoms with Crippen molar-refractivity contribution in [2.75, 3.05) is 6.54 Å².